The van der Waals surface area contributed by atoms with Gasteiger partial charge in [-0.25, -0.2) is 0 Å². The van der Waals surface area contributed by atoms with Crippen molar-refractivity contribution in [3.63, 3.8) is 0 Å². The van der Waals surface area contributed by atoms with Gasteiger partial charge < -0.3 is 10.1 Å². The summed E-state index contributed by atoms with van der Waals surface area (Å²) in [6.45, 7) is -2.90. The van der Waals surface area contributed by atoms with Crippen molar-refractivity contribution < 1.29 is 18.3 Å². The fourth-order valence-electron chi connectivity index (χ4n) is 1.81. The van der Waals surface area contributed by atoms with Gasteiger partial charge in [0.2, 0.25) is 0 Å². The number of alkyl halides is 2. The average Bonchev–Trinajstić information content (AvgIpc) is 2.46. The van der Waals surface area contributed by atoms with E-state index in [0.29, 0.717) is 16.7 Å². The summed E-state index contributed by atoms with van der Waals surface area (Å²) in [5.74, 6) is -0.198. The van der Waals surface area contributed by atoms with E-state index in [4.69, 9.17) is 0 Å². The van der Waals surface area contributed by atoms with E-state index >= 15 is 0 Å². The molecule has 0 aliphatic rings. The first-order valence-corrected chi connectivity index (χ1v) is 5.89. The summed E-state index contributed by atoms with van der Waals surface area (Å²) in [5.41, 5.74) is 1.51. The van der Waals surface area contributed by atoms with E-state index in [0.717, 1.165) is 0 Å². The monoisotopic (exact) mass is 276 g/mol. The highest BCUT2D eigenvalue weighted by atomic mass is 19.3. The molecule has 2 rings (SSSR count). The van der Waals surface area contributed by atoms with Gasteiger partial charge in [-0.1, -0.05) is 18.2 Å². The van der Waals surface area contributed by atoms with Crippen molar-refractivity contribution >= 4 is 5.91 Å². The first kappa shape index (κ1) is 14.0. The molecule has 0 unspecified atom stereocenters. The molecule has 1 amide bonds. The third kappa shape index (κ3) is 3.12. The summed E-state index contributed by atoms with van der Waals surface area (Å²) in [6, 6.07) is 13.9. The smallest absolute Gasteiger partial charge is 0.387 e. The van der Waals surface area contributed by atoms with Crippen molar-refractivity contribution in [3.05, 3.63) is 54.1 Å². The quantitative estimate of drug-likeness (QED) is 0.931. The SMILES string of the molecule is CNC(=O)c1cccc(-c2c[c]ccc2OC(F)F)c1. The third-order valence-electron chi connectivity index (χ3n) is 2.70. The standard InChI is InChI=1S/C15H12F2NO2/c1-18-14(19)11-6-4-5-10(9-11)12-7-2-3-8-13(12)20-15(16)17/h3-9,15H,1H3,(H,18,19). The molecule has 20 heavy (non-hydrogen) atoms. The van der Waals surface area contributed by atoms with Gasteiger partial charge in [-0.05, 0) is 35.9 Å². The van der Waals surface area contributed by atoms with Gasteiger partial charge in [-0.15, -0.1) is 0 Å². The predicted molar refractivity (Wildman–Crippen MR) is 70.7 cm³/mol. The van der Waals surface area contributed by atoms with Crippen molar-refractivity contribution in [2.45, 2.75) is 6.61 Å². The van der Waals surface area contributed by atoms with Crippen LogP contribution < -0.4 is 10.1 Å². The lowest BCUT2D eigenvalue weighted by Crippen LogP contribution is -2.17. The zero-order valence-electron chi connectivity index (χ0n) is 10.7. The lowest BCUT2D eigenvalue weighted by molar-refractivity contribution is -0.0494. The highest BCUT2D eigenvalue weighted by Gasteiger charge is 2.12. The minimum absolute atomic E-state index is 0.0489. The van der Waals surface area contributed by atoms with Gasteiger partial charge in [0.25, 0.3) is 5.91 Å². The van der Waals surface area contributed by atoms with Crippen LogP contribution in [0.25, 0.3) is 11.1 Å². The maximum Gasteiger partial charge on any atom is 0.387 e. The lowest BCUT2D eigenvalue weighted by atomic mass is 10.0. The minimum Gasteiger partial charge on any atom is -0.434 e. The Hall–Kier alpha value is -2.43. The van der Waals surface area contributed by atoms with Crippen molar-refractivity contribution in [1.29, 1.82) is 0 Å². The molecule has 0 atom stereocenters. The normalized spacial score (nSPS) is 10.4. The molecule has 0 spiro atoms. The Bertz CT molecular complexity index is 614. The van der Waals surface area contributed by atoms with Crippen molar-refractivity contribution in [3.8, 4) is 16.9 Å². The largest absolute Gasteiger partial charge is 0.434 e. The summed E-state index contributed by atoms with van der Waals surface area (Å²) in [7, 11) is 1.52. The van der Waals surface area contributed by atoms with Gasteiger partial charge in [-0.2, -0.15) is 8.78 Å². The van der Waals surface area contributed by atoms with E-state index in [1.165, 1.54) is 19.2 Å². The Kier molecular flexibility index (Phi) is 4.30. The molecule has 1 N–H and O–H groups in total. The summed E-state index contributed by atoms with van der Waals surface area (Å²) < 4.78 is 29.2. The van der Waals surface area contributed by atoms with Crippen molar-refractivity contribution in [1.82, 2.24) is 5.32 Å². The number of carbonyl (C=O) groups is 1. The summed E-state index contributed by atoms with van der Waals surface area (Å²) in [4.78, 5) is 11.6. The molecule has 0 aromatic heterocycles. The van der Waals surface area contributed by atoms with E-state index in [2.05, 4.69) is 16.1 Å². The topological polar surface area (TPSA) is 38.3 Å². The molecule has 2 aromatic carbocycles. The van der Waals surface area contributed by atoms with Crippen LogP contribution in [0.5, 0.6) is 5.75 Å². The Morgan fingerprint density at radius 2 is 2.15 bits per heavy atom. The van der Waals surface area contributed by atoms with Crippen LogP contribution >= 0.6 is 0 Å². The molecule has 0 fully saturated rings. The van der Waals surface area contributed by atoms with Gasteiger partial charge in [0.1, 0.15) is 5.75 Å². The van der Waals surface area contributed by atoms with Crippen molar-refractivity contribution in [2.24, 2.45) is 0 Å². The molecular weight excluding hydrogens is 264 g/mol. The van der Waals surface area contributed by atoms with Crippen LogP contribution in [0.1, 0.15) is 10.4 Å². The first-order valence-electron chi connectivity index (χ1n) is 5.89. The Labute approximate surface area is 115 Å². The summed E-state index contributed by atoms with van der Waals surface area (Å²) >= 11 is 0. The second-order valence-electron chi connectivity index (χ2n) is 3.96. The number of hydrogen-bond donors (Lipinski definition) is 1. The highest BCUT2D eigenvalue weighted by molar-refractivity contribution is 5.95. The number of ether oxygens (including phenoxy) is 1. The third-order valence-corrected chi connectivity index (χ3v) is 2.70. The Morgan fingerprint density at radius 1 is 1.35 bits per heavy atom. The molecule has 0 saturated carbocycles. The number of carbonyl (C=O) groups excluding carboxylic acids is 1. The van der Waals surface area contributed by atoms with Crippen LogP contribution in [-0.2, 0) is 0 Å². The molecule has 0 heterocycles. The van der Waals surface area contributed by atoms with E-state index in [1.54, 1.807) is 30.3 Å². The zero-order chi connectivity index (χ0) is 14.5. The fourth-order valence-corrected chi connectivity index (χ4v) is 1.81. The van der Waals surface area contributed by atoms with Crippen molar-refractivity contribution in [2.75, 3.05) is 7.05 Å². The number of hydrogen-bond acceptors (Lipinski definition) is 2. The second kappa shape index (κ2) is 6.14. The highest BCUT2D eigenvalue weighted by Crippen LogP contribution is 2.31. The fraction of sp³-hybridized carbons (Fsp3) is 0.133. The van der Waals surface area contributed by atoms with E-state index in [1.807, 2.05) is 0 Å². The maximum absolute atomic E-state index is 12.4. The second-order valence-corrected chi connectivity index (χ2v) is 3.96. The van der Waals surface area contributed by atoms with Crippen LogP contribution in [0.15, 0.2) is 42.5 Å². The van der Waals surface area contributed by atoms with Gasteiger partial charge in [-0.3, -0.25) is 4.79 Å². The number of benzene rings is 2. The van der Waals surface area contributed by atoms with E-state index < -0.39 is 6.61 Å². The lowest BCUT2D eigenvalue weighted by Gasteiger charge is -2.11. The van der Waals surface area contributed by atoms with Gasteiger partial charge in [0.15, 0.2) is 0 Å². The average molecular weight is 276 g/mol. The molecule has 0 saturated heterocycles. The minimum atomic E-state index is -2.90. The number of rotatable bonds is 4. The molecule has 2 aromatic rings. The van der Waals surface area contributed by atoms with Crippen LogP contribution in [0, 0.1) is 6.07 Å². The molecule has 0 bridgehead atoms. The van der Waals surface area contributed by atoms with Crippen LogP contribution in [0.2, 0.25) is 0 Å². The molecule has 1 radical (unpaired) electrons. The molecule has 5 heteroatoms. The Balaban J connectivity index is 2.43. The van der Waals surface area contributed by atoms with Gasteiger partial charge in [0, 0.05) is 18.2 Å². The predicted octanol–water partition coefficient (Wildman–Crippen LogP) is 3.11. The number of amides is 1. The maximum atomic E-state index is 12.4. The summed E-state index contributed by atoms with van der Waals surface area (Å²) in [6.07, 6.45) is 0. The first-order chi connectivity index (χ1) is 9.61. The summed E-state index contributed by atoms with van der Waals surface area (Å²) in [5, 5.41) is 2.51. The molecule has 103 valence electrons. The number of halogens is 2. The molecule has 3 nitrogen and oxygen atoms in total. The molecular formula is C15H12F2NO2. The molecule has 0 aliphatic heterocycles. The van der Waals surface area contributed by atoms with E-state index in [-0.39, 0.29) is 11.7 Å². The van der Waals surface area contributed by atoms with Gasteiger partial charge in [0.05, 0.1) is 0 Å². The van der Waals surface area contributed by atoms with Crippen LogP contribution in [-0.4, -0.2) is 19.6 Å². The zero-order valence-corrected chi connectivity index (χ0v) is 10.7. The van der Waals surface area contributed by atoms with Crippen LogP contribution in [0.3, 0.4) is 0 Å². The van der Waals surface area contributed by atoms with E-state index in [9.17, 15) is 13.6 Å². The number of nitrogens with one attached hydrogen (secondary N) is 1. The molecule has 0 aliphatic carbocycles. The van der Waals surface area contributed by atoms with Crippen LogP contribution in [0.4, 0.5) is 8.78 Å². The van der Waals surface area contributed by atoms with Gasteiger partial charge >= 0.3 is 6.61 Å². The Morgan fingerprint density at radius 3 is 2.85 bits per heavy atom.